The number of nitrogens with zero attached hydrogens (tertiary/aromatic N) is 1. The van der Waals surface area contributed by atoms with Gasteiger partial charge in [0.25, 0.3) is 5.91 Å². The maximum Gasteiger partial charge on any atom is 0.263 e. The van der Waals surface area contributed by atoms with Crippen LogP contribution in [0.25, 0.3) is 0 Å². The molecule has 7 nitrogen and oxygen atoms in total. The SMILES string of the molecule is CC[C@H](Oc1ccccc1)C(=O)N1CCC(C(=O)Nc2ccc3c(c2)OCO3)CC1. The van der Waals surface area contributed by atoms with Crippen molar-refractivity contribution in [2.24, 2.45) is 5.92 Å². The molecule has 0 bridgehead atoms. The second-order valence-electron chi connectivity index (χ2n) is 7.48. The summed E-state index contributed by atoms with van der Waals surface area (Å²) in [5.74, 6) is 1.83. The summed E-state index contributed by atoms with van der Waals surface area (Å²) in [6, 6.07) is 14.7. The summed E-state index contributed by atoms with van der Waals surface area (Å²) < 4.78 is 16.5. The van der Waals surface area contributed by atoms with Crippen molar-refractivity contribution in [3.05, 3.63) is 48.5 Å². The molecule has 2 aliphatic rings. The summed E-state index contributed by atoms with van der Waals surface area (Å²) in [6.07, 6.45) is 1.35. The average Bonchev–Trinajstić information content (AvgIpc) is 3.26. The van der Waals surface area contributed by atoms with Crippen LogP contribution in [0, 0.1) is 5.92 Å². The van der Waals surface area contributed by atoms with E-state index in [-0.39, 0.29) is 24.5 Å². The zero-order valence-electron chi connectivity index (χ0n) is 17.0. The second kappa shape index (κ2) is 9.07. The van der Waals surface area contributed by atoms with E-state index in [0.717, 1.165) is 0 Å². The molecule has 2 amide bonds. The molecule has 0 aliphatic carbocycles. The Bertz CT molecular complexity index is 894. The Labute approximate surface area is 175 Å². The lowest BCUT2D eigenvalue weighted by Crippen LogP contribution is -2.47. The first-order valence-corrected chi connectivity index (χ1v) is 10.3. The van der Waals surface area contributed by atoms with Crippen LogP contribution in [0.2, 0.25) is 0 Å². The molecular formula is C23H26N2O5. The number of hydrogen-bond donors (Lipinski definition) is 1. The number of rotatable bonds is 6. The van der Waals surface area contributed by atoms with Gasteiger partial charge in [-0.25, -0.2) is 0 Å². The standard InChI is InChI=1S/C23H26N2O5/c1-2-19(30-18-6-4-3-5-7-18)23(27)25-12-10-16(11-13-25)22(26)24-17-8-9-20-21(14-17)29-15-28-20/h3-9,14,16,19H,2,10-13,15H2,1H3,(H,24,26)/t19-/m0/s1. The number of piperidine rings is 1. The van der Waals surface area contributed by atoms with Crippen molar-refractivity contribution in [2.45, 2.75) is 32.3 Å². The fourth-order valence-electron chi connectivity index (χ4n) is 3.76. The summed E-state index contributed by atoms with van der Waals surface area (Å²) in [7, 11) is 0. The Kier molecular flexibility index (Phi) is 6.07. The summed E-state index contributed by atoms with van der Waals surface area (Å²) >= 11 is 0. The van der Waals surface area contributed by atoms with E-state index in [4.69, 9.17) is 14.2 Å². The highest BCUT2D eigenvalue weighted by Crippen LogP contribution is 2.34. The van der Waals surface area contributed by atoms with Gasteiger partial charge in [0.2, 0.25) is 12.7 Å². The normalized spacial score (nSPS) is 16.8. The lowest BCUT2D eigenvalue weighted by molar-refractivity contribution is -0.141. The number of amides is 2. The van der Waals surface area contributed by atoms with Crippen LogP contribution >= 0.6 is 0 Å². The molecule has 1 atom stereocenters. The topological polar surface area (TPSA) is 77.1 Å². The van der Waals surface area contributed by atoms with Crippen LogP contribution in [0.4, 0.5) is 5.69 Å². The first kappa shape index (κ1) is 20.1. The third-order valence-corrected chi connectivity index (χ3v) is 5.49. The molecular weight excluding hydrogens is 384 g/mol. The predicted octanol–water partition coefficient (Wildman–Crippen LogP) is 3.45. The van der Waals surface area contributed by atoms with Gasteiger partial charge >= 0.3 is 0 Å². The van der Waals surface area contributed by atoms with Gasteiger partial charge in [-0.15, -0.1) is 0 Å². The van der Waals surface area contributed by atoms with E-state index in [1.165, 1.54) is 0 Å². The lowest BCUT2D eigenvalue weighted by Gasteiger charge is -2.33. The number of likely N-dealkylation sites (tertiary alicyclic amines) is 1. The second-order valence-corrected chi connectivity index (χ2v) is 7.48. The number of carbonyl (C=O) groups excluding carboxylic acids is 2. The minimum absolute atomic E-state index is 0.0176. The van der Waals surface area contributed by atoms with Crippen LogP contribution in [-0.4, -0.2) is 42.7 Å². The van der Waals surface area contributed by atoms with Gasteiger partial charge in [0.1, 0.15) is 5.75 Å². The Morgan fingerprint density at radius 2 is 1.83 bits per heavy atom. The molecule has 2 aromatic carbocycles. The largest absolute Gasteiger partial charge is 0.481 e. The number of fused-ring (bicyclic) bond motifs is 1. The van der Waals surface area contributed by atoms with E-state index in [2.05, 4.69) is 5.32 Å². The molecule has 4 rings (SSSR count). The first-order chi connectivity index (χ1) is 14.6. The van der Waals surface area contributed by atoms with Gasteiger partial charge in [0.05, 0.1) is 0 Å². The van der Waals surface area contributed by atoms with Crippen LogP contribution in [0.5, 0.6) is 17.2 Å². The monoisotopic (exact) mass is 410 g/mol. The van der Waals surface area contributed by atoms with E-state index in [1.54, 1.807) is 18.2 Å². The highest BCUT2D eigenvalue weighted by atomic mass is 16.7. The number of anilines is 1. The van der Waals surface area contributed by atoms with Crippen LogP contribution in [-0.2, 0) is 9.59 Å². The third kappa shape index (κ3) is 4.50. The predicted molar refractivity (Wildman–Crippen MR) is 112 cm³/mol. The van der Waals surface area contributed by atoms with Crippen molar-refractivity contribution < 1.29 is 23.8 Å². The molecule has 2 aliphatic heterocycles. The number of carbonyl (C=O) groups is 2. The van der Waals surface area contributed by atoms with Crippen molar-refractivity contribution >= 4 is 17.5 Å². The molecule has 0 saturated carbocycles. The molecule has 0 radical (unpaired) electrons. The first-order valence-electron chi connectivity index (χ1n) is 10.3. The van der Waals surface area contributed by atoms with Gasteiger partial charge in [0.15, 0.2) is 17.6 Å². The zero-order chi connectivity index (χ0) is 20.9. The molecule has 0 unspecified atom stereocenters. The maximum absolute atomic E-state index is 12.9. The van der Waals surface area contributed by atoms with Crippen LogP contribution in [0.3, 0.4) is 0 Å². The molecule has 30 heavy (non-hydrogen) atoms. The molecule has 158 valence electrons. The van der Waals surface area contributed by atoms with E-state index >= 15 is 0 Å². The van der Waals surface area contributed by atoms with Crippen molar-refractivity contribution in [1.82, 2.24) is 4.90 Å². The Morgan fingerprint density at radius 3 is 2.57 bits per heavy atom. The minimum atomic E-state index is -0.508. The van der Waals surface area contributed by atoms with Gasteiger partial charge in [-0.05, 0) is 43.5 Å². The molecule has 2 aromatic rings. The van der Waals surface area contributed by atoms with Crippen molar-refractivity contribution in [2.75, 3.05) is 25.2 Å². The zero-order valence-corrected chi connectivity index (χ0v) is 17.0. The molecule has 1 saturated heterocycles. The van der Waals surface area contributed by atoms with Crippen LogP contribution in [0.15, 0.2) is 48.5 Å². The van der Waals surface area contributed by atoms with Gasteiger partial charge in [0, 0.05) is 30.8 Å². The number of nitrogens with one attached hydrogen (secondary N) is 1. The van der Waals surface area contributed by atoms with Gasteiger partial charge < -0.3 is 24.4 Å². The summed E-state index contributed by atoms with van der Waals surface area (Å²) in [4.78, 5) is 27.4. The quantitative estimate of drug-likeness (QED) is 0.789. The highest BCUT2D eigenvalue weighted by Gasteiger charge is 2.31. The van der Waals surface area contributed by atoms with E-state index < -0.39 is 6.10 Å². The number of ether oxygens (including phenoxy) is 3. The molecule has 0 spiro atoms. The van der Waals surface area contributed by atoms with Crippen molar-refractivity contribution in [3.8, 4) is 17.2 Å². The van der Waals surface area contributed by atoms with Crippen LogP contribution in [0.1, 0.15) is 26.2 Å². The Balaban J connectivity index is 1.29. The minimum Gasteiger partial charge on any atom is -0.481 e. The average molecular weight is 410 g/mol. The molecule has 1 N–H and O–H groups in total. The fraction of sp³-hybridized carbons (Fsp3) is 0.391. The van der Waals surface area contributed by atoms with Gasteiger partial charge in [-0.3, -0.25) is 9.59 Å². The van der Waals surface area contributed by atoms with E-state index in [9.17, 15) is 9.59 Å². The highest BCUT2D eigenvalue weighted by molar-refractivity contribution is 5.93. The molecule has 2 heterocycles. The van der Waals surface area contributed by atoms with E-state index in [1.807, 2.05) is 42.2 Å². The van der Waals surface area contributed by atoms with Crippen molar-refractivity contribution in [1.29, 1.82) is 0 Å². The fourth-order valence-corrected chi connectivity index (χ4v) is 3.76. The van der Waals surface area contributed by atoms with E-state index in [0.29, 0.717) is 55.3 Å². The Hall–Kier alpha value is -3.22. The lowest BCUT2D eigenvalue weighted by atomic mass is 9.95. The van der Waals surface area contributed by atoms with Crippen LogP contribution < -0.4 is 19.5 Å². The Morgan fingerprint density at radius 1 is 1.10 bits per heavy atom. The number of para-hydroxylation sites is 1. The van der Waals surface area contributed by atoms with Gasteiger partial charge in [-0.2, -0.15) is 0 Å². The molecule has 7 heteroatoms. The van der Waals surface area contributed by atoms with Crippen molar-refractivity contribution in [3.63, 3.8) is 0 Å². The molecule has 0 aromatic heterocycles. The number of benzene rings is 2. The molecule has 1 fully saturated rings. The van der Waals surface area contributed by atoms with Gasteiger partial charge in [-0.1, -0.05) is 25.1 Å². The number of hydrogen-bond acceptors (Lipinski definition) is 5. The summed E-state index contributed by atoms with van der Waals surface area (Å²) in [5.41, 5.74) is 0.685. The maximum atomic E-state index is 12.9. The third-order valence-electron chi connectivity index (χ3n) is 5.49. The summed E-state index contributed by atoms with van der Waals surface area (Å²) in [5, 5.41) is 2.95. The summed E-state index contributed by atoms with van der Waals surface area (Å²) in [6.45, 7) is 3.24. The smallest absolute Gasteiger partial charge is 0.263 e.